The smallest absolute Gasteiger partial charge is 0.276 e. The maximum atomic E-state index is 10.9. The Hall–Kier alpha value is -2.56. The maximum Gasteiger partial charge on any atom is 0.276 e. The van der Waals surface area contributed by atoms with Gasteiger partial charge < -0.3 is 9.84 Å². The van der Waals surface area contributed by atoms with Crippen LogP contribution in [0.2, 0.25) is 0 Å². The summed E-state index contributed by atoms with van der Waals surface area (Å²) in [6.07, 6.45) is 0.709. The van der Waals surface area contributed by atoms with E-state index in [0.717, 1.165) is 5.56 Å². The van der Waals surface area contributed by atoms with Gasteiger partial charge in [0.25, 0.3) is 5.69 Å². The van der Waals surface area contributed by atoms with Crippen molar-refractivity contribution in [3.63, 3.8) is 0 Å². The van der Waals surface area contributed by atoms with Crippen molar-refractivity contribution in [3.8, 4) is 11.5 Å². The zero-order valence-electron chi connectivity index (χ0n) is 11.1. The molecule has 0 unspecified atom stereocenters. The van der Waals surface area contributed by atoms with Crippen molar-refractivity contribution in [1.29, 1.82) is 0 Å². The second-order valence-corrected chi connectivity index (χ2v) is 4.32. The van der Waals surface area contributed by atoms with Crippen LogP contribution in [0.5, 0.6) is 11.5 Å². The van der Waals surface area contributed by atoms with Crippen molar-refractivity contribution < 1.29 is 14.8 Å². The monoisotopic (exact) mass is 273 g/mol. The zero-order chi connectivity index (χ0) is 14.5. The van der Waals surface area contributed by atoms with E-state index in [4.69, 9.17) is 4.74 Å². The average Bonchev–Trinajstić information content (AvgIpc) is 2.46. The number of nitrogens with zero attached hydrogens (tertiary/aromatic N) is 1. The molecule has 20 heavy (non-hydrogen) atoms. The topological polar surface area (TPSA) is 72.6 Å². The number of para-hydroxylation sites is 1. The van der Waals surface area contributed by atoms with Crippen LogP contribution < -0.4 is 4.74 Å². The number of hydrogen-bond acceptors (Lipinski definition) is 4. The van der Waals surface area contributed by atoms with Gasteiger partial charge in [0, 0.05) is 6.07 Å². The van der Waals surface area contributed by atoms with Crippen LogP contribution in [-0.2, 0) is 13.0 Å². The normalized spacial score (nSPS) is 10.2. The number of ether oxygens (including phenoxy) is 1. The van der Waals surface area contributed by atoms with Gasteiger partial charge in [0.1, 0.15) is 18.1 Å². The van der Waals surface area contributed by atoms with Crippen molar-refractivity contribution in [3.05, 3.63) is 63.7 Å². The van der Waals surface area contributed by atoms with Gasteiger partial charge in [-0.05, 0) is 36.2 Å². The number of nitro groups is 1. The Morgan fingerprint density at radius 1 is 1.20 bits per heavy atom. The van der Waals surface area contributed by atoms with E-state index in [2.05, 4.69) is 0 Å². The molecule has 1 N–H and O–H groups in total. The van der Waals surface area contributed by atoms with Gasteiger partial charge in [-0.2, -0.15) is 0 Å². The Labute approximate surface area is 116 Å². The molecule has 104 valence electrons. The van der Waals surface area contributed by atoms with Gasteiger partial charge in [-0.1, -0.05) is 19.1 Å². The minimum Gasteiger partial charge on any atom is -0.508 e. The molecule has 0 aliphatic carbocycles. The number of benzene rings is 2. The highest BCUT2D eigenvalue weighted by Gasteiger charge is 2.13. The summed E-state index contributed by atoms with van der Waals surface area (Å²) in [5.74, 6) is 0.809. The molecule has 5 heteroatoms. The van der Waals surface area contributed by atoms with Gasteiger partial charge in [-0.25, -0.2) is 0 Å². The first kappa shape index (κ1) is 13.9. The van der Waals surface area contributed by atoms with E-state index < -0.39 is 4.92 Å². The summed E-state index contributed by atoms with van der Waals surface area (Å²) in [6, 6.07) is 11.3. The van der Waals surface area contributed by atoms with Gasteiger partial charge in [0.15, 0.2) is 0 Å². The molecule has 0 amide bonds. The van der Waals surface area contributed by atoms with Crippen LogP contribution in [0.4, 0.5) is 5.69 Å². The van der Waals surface area contributed by atoms with Crippen molar-refractivity contribution in [2.45, 2.75) is 20.0 Å². The lowest BCUT2D eigenvalue weighted by molar-refractivity contribution is -0.385. The Morgan fingerprint density at radius 2 is 1.95 bits per heavy atom. The third kappa shape index (κ3) is 3.06. The second-order valence-electron chi connectivity index (χ2n) is 4.32. The molecule has 0 aliphatic heterocycles. The Kier molecular flexibility index (Phi) is 4.20. The van der Waals surface area contributed by atoms with Gasteiger partial charge in [0.2, 0.25) is 0 Å². The van der Waals surface area contributed by atoms with Crippen molar-refractivity contribution in [2.24, 2.45) is 0 Å². The molecule has 2 aromatic rings. The van der Waals surface area contributed by atoms with Crippen molar-refractivity contribution >= 4 is 5.69 Å². The predicted octanol–water partition coefficient (Wildman–Crippen LogP) is 3.44. The van der Waals surface area contributed by atoms with E-state index in [9.17, 15) is 15.2 Å². The Bertz CT molecular complexity index is 625. The first-order valence-corrected chi connectivity index (χ1v) is 6.28. The average molecular weight is 273 g/mol. The van der Waals surface area contributed by atoms with E-state index in [0.29, 0.717) is 17.7 Å². The Balaban J connectivity index is 2.19. The molecule has 0 saturated heterocycles. The third-order valence-electron chi connectivity index (χ3n) is 3.00. The fraction of sp³-hybridized carbons (Fsp3) is 0.200. The zero-order valence-corrected chi connectivity index (χ0v) is 11.1. The lowest BCUT2D eigenvalue weighted by Gasteiger charge is -2.11. The molecular weight excluding hydrogens is 258 g/mol. The second kappa shape index (κ2) is 6.06. The molecular formula is C15H15NO4. The maximum absolute atomic E-state index is 10.9. The first-order chi connectivity index (χ1) is 9.61. The van der Waals surface area contributed by atoms with Crippen molar-refractivity contribution in [1.82, 2.24) is 0 Å². The molecule has 0 aliphatic rings. The number of aromatic hydroxyl groups is 1. The highest BCUT2D eigenvalue weighted by Crippen LogP contribution is 2.26. The van der Waals surface area contributed by atoms with Gasteiger partial charge in [-0.15, -0.1) is 0 Å². The predicted molar refractivity (Wildman–Crippen MR) is 74.9 cm³/mol. The summed E-state index contributed by atoms with van der Waals surface area (Å²) in [5.41, 5.74) is 1.43. The highest BCUT2D eigenvalue weighted by atomic mass is 16.6. The van der Waals surface area contributed by atoms with E-state index in [1.165, 1.54) is 12.1 Å². The molecule has 0 heterocycles. The van der Waals surface area contributed by atoms with E-state index in [1.54, 1.807) is 30.3 Å². The van der Waals surface area contributed by atoms with Crippen LogP contribution in [0.1, 0.15) is 18.1 Å². The molecule has 0 fully saturated rings. The lowest BCUT2D eigenvalue weighted by Crippen LogP contribution is -2.01. The molecule has 0 bridgehead atoms. The summed E-state index contributed by atoms with van der Waals surface area (Å²) >= 11 is 0. The number of rotatable bonds is 5. The molecule has 2 aromatic carbocycles. The number of nitro benzene ring substituents is 1. The van der Waals surface area contributed by atoms with E-state index in [-0.39, 0.29) is 18.0 Å². The summed E-state index contributed by atoms with van der Waals surface area (Å²) in [4.78, 5) is 10.5. The highest BCUT2D eigenvalue weighted by molar-refractivity contribution is 5.42. The quantitative estimate of drug-likeness (QED) is 0.669. The fourth-order valence-corrected chi connectivity index (χ4v) is 1.95. The van der Waals surface area contributed by atoms with Crippen LogP contribution in [0.25, 0.3) is 0 Å². The molecule has 0 spiro atoms. The number of aryl methyl sites for hydroxylation is 1. The minimum absolute atomic E-state index is 0.0457. The minimum atomic E-state index is -0.420. The van der Waals surface area contributed by atoms with Crippen LogP contribution in [0, 0.1) is 10.1 Å². The van der Waals surface area contributed by atoms with Gasteiger partial charge >= 0.3 is 0 Å². The van der Waals surface area contributed by atoms with Gasteiger partial charge in [0.05, 0.1) is 10.5 Å². The number of phenols is 1. The Morgan fingerprint density at radius 3 is 2.65 bits per heavy atom. The lowest BCUT2D eigenvalue weighted by atomic mass is 10.1. The molecule has 0 radical (unpaired) electrons. The van der Waals surface area contributed by atoms with Crippen LogP contribution in [-0.4, -0.2) is 10.0 Å². The molecule has 5 nitrogen and oxygen atoms in total. The van der Waals surface area contributed by atoms with Crippen LogP contribution in [0.3, 0.4) is 0 Å². The van der Waals surface area contributed by atoms with Crippen LogP contribution >= 0.6 is 0 Å². The third-order valence-corrected chi connectivity index (χ3v) is 3.00. The molecule has 2 rings (SSSR count). The summed E-state index contributed by atoms with van der Waals surface area (Å²) < 4.78 is 5.64. The summed E-state index contributed by atoms with van der Waals surface area (Å²) in [6.45, 7) is 2.07. The first-order valence-electron chi connectivity index (χ1n) is 6.28. The van der Waals surface area contributed by atoms with Crippen molar-refractivity contribution in [2.75, 3.05) is 0 Å². The van der Waals surface area contributed by atoms with Crippen LogP contribution in [0.15, 0.2) is 42.5 Å². The number of hydrogen-bond donors (Lipinski definition) is 1. The molecule has 0 atom stereocenters. The number of phenolic OH excluding ortho intramolecular Hbond substituents is 1. The SMILES string of the molecule is CCc1cc(O)ccc1OCc1ccccc1[N+](=O)[O-]. The van der Waals surface area contributed by atoms with Gasteiger partial charge in [-0.3, -0.25) is 10.1 Å². The van der Waals surface area contributed by atoms with E-state index in [1.807, 2.05) is 6.92 Å². The molecule has 0 aromatic heterocycles. The summed E-state index contributed by atoms with van der Waals surface area (Å²) in [7, 11) is 0. The summed E-state index contributed by atoms with van der Waals surface area (Å²) in [5, 5.41) is 20.3. The van der Waals surface area contributed by atoms with E-state index >= 15 is 0 Å². The fourth-order valence-electron chi connectivity index (χ4n) is 1.95. The standard InChI is InChI=1S/C15H15NO4/c1-2-11-9-13(17)7-8-15(11)20-10-12-5-3-4-6-14(12)16(18)19/h3-9,17H,2,10H2,1H3. The largest absolute Gasteiger partial charge is 0.508 e. The molecule has 0 saturated carbocycles.